The number of para-hydroxylation sites is 1. The maximum absolute atomic E-state index is 9.91. The van der Waals surface area contributed by atoms with Crippen molar-refractivity contribution in [2.45, 2.75) is 58.6 Å². The number of aliphatic hydroxyl groups is 1. The van der Waals surface area contributed by atoms with Crippen molar-refractivity contribution in [2.75, 3.05) is 11.9 Å². The normalized spacial score (nSPS) is 21.1. The first-order valence-electron chi connectivity index (χ1n) is 7.40. The standard InChI is InChI=1S/C17H27NO/c1-13(19)15-7-5-6-8-16(15)18(4)14-9-11-17(2,3)12-10-14/h5-8,13-14,19H,9-12H2,1-4H3/t13-/m0/s1. The Labute approximate surface area is 117 Å². The van der Waals surface area contributed by atoms with Crippen LogP contribution < -0.4 is 4.90 Å². The minimum absolute atomic E-state index is 0.404. The summed E-state index contributed by atoms with van der Waals surface area (Å²) in [6, 6.07) is 8.83. The Morgan fingerprint density at radius 2 is 1.79 bits per heavy atom. The molecule has 0 saturated heterocycles. The summed E-state index contributed by atoms with van der Waals surface area (Å²) in [7, 11) is 2.17. The minimum atomic E-state index is -0.404. The van der Waals surface area contributed by atoms with Gasteiger partial charge in [0.25, 0.3) is 0 Å². The molecule has 1 atom stereocenters. The fourth-order valence-electron chi connectivity index (χ4n) is 3.13. The summed E-state index contributed by atoms with van der Waals surface area (Å²) in [5.74, 6) is 0. The zero-order valence-electron chi connectivity index (χ0n) is 12.7. The fraction of sp³-hybridized carbons (Fsp3) is 0.647. The largest absolute Gasteiger partial charge is 0.389 e. The van der Waals surface area contributed by atoms with Gasteiger partial charge in [-0.1, -0.05) is 32.0 Å². The van der Waals surface area contributed by atoms with Crippen LogP contribution in [0.15, 0.2) is 24.3 Å². The van der Waals surface area contributed by atoms with Gasteiger partial charge in [0.05, 0.1) is 6.10 Å². The zero-order chi connectivity index (χ0) is 14.0. The van der Waals surface area contributed by atoms with E-state index in [2.05, 4.69) is 37.9 Å². The van der Waals surface area contributed by atoms with Crippen molar-refractivity contribution < 1.29 is 5.11 Å². The highest BCUT2D eigenvalue weighted by molar-refractivity contribution is 5.54. The number of benzene rings is 1. The van der Waals surface area contributed by atoms with Crippen LogP contribution in [0, 0.1) is 5.41 Å². The van der Waals surface area contributed by atoms with Crippen molar-refractivity contribution >= 4 is 5.69 Å². The van der Waals surface area contributed by atoms with Crippen molar-refractivity contribution in [3.63, 3.8) is 0 Å². The molecule has 0 heterocycles. The van der Waals surface area contributed by atoms with Gasteiger partial charge in [-0.15, -0.1) is 0 Å². The Kier molecular flexibility index (Phi) is 4.19. The van der Waals surface area contributed by atoms with E-state index in [4.69, 9.17) is 0 Å². The summed E-state index contributed by atoms with van der Waals surface area (Å²) >= 11 is 0. The Morgan fingerprint density at radius 1 is 1.21 bits per heavy atom. The first-order chi connectivity index (χ1) is 8.91. The third kappa shape index (κ3) is 3.30. The van der Waals surface area contributed by atoms with E-state index in [1.54, 1.807) is 0 Å². The summed E-state index contributed by atoms with van der Waals surface area (Å²) in [5, 5.41) is 9.91. The summed E-state index contributed by atoms with van der Waals surface area (Å²) in [6.07, 6.45) is 4.67. The zero-order valence-corrected chi connectivity index (χ0v) is 12.7. The molecule has 0 radical (unpaired) electrons. The molecule has 1 aromatic rings. The minimum Gasteiger partial charge on any atom is -0.389 e. The number of hydrogen-bond donors (Lipinski definition) is 1. The van der Waals surface area contributed by atoms with Crippen LogP contribution in [0.3, 0.4) is 0 Å². The van der Waals surface area contributed by atoms with Crippen molar-refractivity contribution in [1.82, 2.24) is 0 Å². The van der Waals surface area contributed by atoms with Crippen molar-refractivity contribution in [2.24, 2.45) is 5.41 Å². The van der Waals surface area contributed by atoms with E-state index in [0.29, 0.717) is 11.5 Å². The maximum atomic E-state index is 9.91. The van der Waals surface area contributed by atoms with Crippen LogP contribution in [-0.2, 0) is 0 Å². The molecule has 0 aromatic heterocycles. The number of nitrogens with zero attached hydrogens (tertiary/aromatic N) is 1. The van der Waals surface area contributed by atoms with Gasteiger partial charge in [-0.2, -0.15) is 0 Å². The average molecular weight is 261 g/mol. The molecule has 0 spiro atoms. The SMILES string of the molecule is C[C@H](O)c1ccccc1N(C)C1CCC(C)(C)CC1. The van der Waals surface area contributed by atoms with E-state index in [1.807, 2.05) is 19.1 Å². The second-order valence-corrected chi connectivity index (χ2v) is 6.74. The number of hydrogen-bond acceptors (Lipinski definition) is 2. The predicted molar refractivity (Wildman–Crippen MR) is 81.5 cm³/mol. The summed E-state index contributed by atoms with van der Waals surface area (Å²) < 4.78 is 0. The fourth-order valence-corrected chi connectivity index (χ4v) is 3.13. The van der Waals surface area contributed by atoms with Gasteiger partial charge in [0.2, 0.25) is 0 Å². The van der Waals surface area contributed by atoms with Gasteiger partial charge >= 0.3 is 0 Å². The van der Waals surface area contributed by atoms with Crippen LogP contribution in [0.4, 0.5) is 5.69 Å². The van der Waals surface area contributed by atoms with Gasteiger partial charge in [-0.05, 0) is 44.1 Å². The maximum Gasteiger partial charge on any atom is 0.0781 e. The van der Waals surface area contributed by atoms with E-state index in [9.17, 15) is 5.11 Å². The van der Waals surface area contributed by atoms with Crippen LogP contribution in [-0.4, -0.2) is 18.2 Å². The Hall–Kier alpha value is -1.02. The highest BCUT2D eigenvalue weighted by atomic mass is 16.3. The second kappa shape index (κ2) is 5.54. The molecule has 2 rings (SSSR count). The van der Waals surface area contributed by atoms with Crippen LogP contribution in [0.2, 0.25) is 0 Å². The smallest absolute Gasteiger partial charge is 0.0781 e. The van der Waals surface area contributed by atoms with Crippen LogP contribution in [0.25, 0.3) is 0 Å². The molecule has 106 valence electrons. The molecule has 19 heavy (non-hydrogen) atoms. The van der Waals surface area contributed by atoms with E-state index in [1.165, 1.54) is 31.4 Å². The van der Waals surface area contributed by atoms with Crippen molar-refractivity contribution in [1.29, 1.82) is 0 Å². The topological polar surface area (TPSA) is 23.5 Å². The number of anilines is 1. The van der Waals surface area contributed by atoms with Crippen molar-refractivity contribution in [3.8, 4) is 0 Å². The molecular weight excluding hydrogens is 234 g/mol. The molecule has 1 fully saturated rings. The number of rotatable bonds is 3. The van der Waals surface area contributed by atoms with Gasteiger partial charge in [0, 0.05) is 24.3 Å². The first-order valence-corrected chi connectivity index (χ1v) is 7.40. The van der Waals surface area contributed by atoms with E-state index in [0.717, 1.165) is 5.56 Å². The lowest BCUT2D eigenvalue weighted by molar-refractivity contribution is 0.198. The second-order valence-electron chi connectivity index (χ2n) is 6.74. The predicted octanol–water partition coefficient (Wildman–Crippen LogP) is 4.14. The highest BCUT2D eigenvalue weighted by Crippen LogP contribution is 2.38. The monoisotopic (exact) mass is 261 g/mol. The van der Waals surface area contributed by atoms with Crippen LogP contribution in [0.5, 0.6) is 0 Å². The molecule has 0 bridgehead atoms. The lowest BCUT2D eigenvalue weighted by atomic mass is 9.75. The number of aliphatic hydroxyl groups excluding tert-OH is 1. The molecule has 2 heteroatoms. The van der Waals surface area contributed by atoms with Gasteiger partial charge in [-0.25, -0.2) is 0 Å². The van der Waals surface area contributed by atoms with E-state index >= 15 is 0 Å². The molecule has 1 aliphatic rings. The van der Waals surface area contributed by atoms with Crippen LogP contribution >= 0.6 is 0 Å². The lowest BCUT2D eigenvalue weighted by Crippen LogP contribution is -2.37. The molecule has 1 N–H and O–H groups in total. The van der Waals surface area contributed by atoms with Gasteiger partial charge in [0.1, 0.15) is 0 Å². The van der Waals surface area contributed by atoms with Gasteiger partial charge in [0.15, 0.2) is 0 Å². The molecule has 1 aliphatic carbocycles. The molecule has 2 nitrogen and oxygen atoms in total. The summed E-state index contributed by atoms with van der Waals surface area (Å²) in [4.78, 5) is 2.37. The molecule has 1 saturated carbocycles. The molecule has 0 amide bonds. The molecular formula is C17H27NO. The van der Waals surface area contributed by atoms with Crippen molar-refractivity contribution in [3.05, 3.63) is 29.8 Å². The summed E-state index contributed by atoms with van der Waals surface area (Å²) in [5.41, 5.74) is 2.72. The third-order valence-corrected chi connectivity index (χ3v) is 4.62. The first kappa shape index (κ1) is 14.4. The Morgan fingerprint density at radius 3 is 2.37 bits per heavy atom. The van der Waals surface area contributed by atoms with E-state index in [-0.39, 0.29) is 0 Å². The molecule has 0 unspecified atom stereocenters. The van der Waals surface area contributed by atoms with Crippen LogP contribution in [0.1, 0.15) is 58.1 Å². The average Bonchev–Trinajstić information content (AvgIpc) is 2.38. The molecule has 1 aromatic carbocycles. The van der Waals surface area contributed by atoms with Gasteiger partial charge in [-0.3, -0.25) is 0 Å². The Bertz CT molecular complexity index is 415. The van der Waals surface area contributed by atoms with Gasteiger partial charge < -0.3 is 10.0 Å². The quantitative estimate of drug-likeness (QED) is 0.883. The summed E-state index contributed by atoms with van der Waals surface area (Å²) in [6.45, 7) is 6.58. The Balaban J connectivity index is 2.14. The lowest BCUT2D eigenvalue weighted by Gasteiger charge is -2.40. The third-order valence-electron chi connectivity index (χ3n) is 4.62. The van der Waals surface area contributed by atoms with E-state index < -0.39 is 6.10 Å². The molecule has 0 aliphatic heterocycles. The highest BCUT2D eigenvalue weighted by Gasteiger charge is 2.29.